The van der Waals surface area contributed by atoms with Crippen molar-refractivity contribution in [1.29, 1.82) is 0 Å². The molecule has 0 aromatic heterocycles. The van der Waals surface area contributed by atoms with Crippen LogP contribution in [0, 0.1) is 5.82 Å². The number of carbonyl (C=O) groups excluding carboxylic acids is 1. The number of ether oxygens (including phenoxy) is 1. The van der Waals surface area contributed by atoms with Crippen LogP contribution in [-0.4, -0.2) is 22.6 Å². The number of rotatable bonds is 4. The van der Waals surface area contributed by atoms with E-state index in [1.807, 2.05) is 13.8 Å². The summed E-state index contributed by atoms with van der Waals surface area (Å²) in [5.74, 6) is 0.0928. The highest BCUT2D eigenvalue weighted by molar-refractivity contribution is 6.30. The van der Waals surface area contributed by atoms with Crippen LogP contribution >= 0.6 is 11.6 Å². The van der Waals surface area contributed by atoms with E-state index >= 15 is 0 Å². The van der Waals surface area contributed by atoms with Crippen LogP contribution in [0.1, 0.15) is 48.3 Å². The van der Waals surface area contributed by atoms with Gasteiger partial charge in [0.05, 0.1) is 11.1 Å². The highest BCUT2D eigenvalue weighted by Gasteiger charge is 2.42. The lowest BCUT2D eigenvalue weighted by Gasteiger charge is -2.42. The van der Waals surface area contributed by atoms with E-state index in [0.717, 1.165) is 11.1 Å². The Morgan fingerprint density at radius 1 is 1.31 bits per heavy atom. The van der Waals surface area contributed by atoms with Crippen LogP contribution in [0.4, 0.5) is 4.39 Å². The number of aliphatic hydroxyl groups excluding tert-OH is 1. The summed E-state index contributed by atoms with van der Waals surface area (Å²) in [6.45, 7) is 5.49. The molecular weight excluding hydrogens is 357 g/mol. The molecule has 1 aliphatic heterocycles. The topological polar surface area (TPSA) is 58.6 Å². The van der Waals surface area contributed by atoms with E-state index in [9.17, 15) is 14.3 Å². The lowest BCUT2D eigenvalue weighted by Crippen LogP contribution is -2.52. The van der Waals surface area contributed by atoms with Gasteiger partial charge in [-0.05, 0) is 56.7 Å². The summed E-state index contributed by atoms with van der Waals surface area (Å²) in [5.41, 5.74) is 1.26. The van der Waals surface area contributed by atoms with Gasteiger partial charge in [-0.3, -0.25) is 4.79 Å². The van der Waals surface area contributed by atoms with Crippen molar-refractivity contribution in [2.24, 2.45) is 0 Å². The van der Waals surface area contributed by atoms with Crippen molar-refractivity contribution < 1.29 is 19.0 Å². The van der Waals surface area contributed by atoms with Crippen LogP contribution in [0.3, 0.4) is 0 Å². The minimum absolute atomic E-state index is 0.0522. The molecule has 138 valence electrons. The number of Topliss-reactive ketones (excluding diaryl/α,β-unsaturated/α-hetero) is 1. The second kappa shape index (κ2) is 6.99. The van der Waals surface area contributed by atoms with Crippen molar-refractivity contribution in [2.75, 3.05) is 0 Å². The van der Waals surface area contributed by atoms with Gasteiger partial charge in [-0.2, -0.15) is 0 Å². The van der Waals surface area contributed by atoms with Crippen LogP contribution in [0.15, 0.2) is 36.4 Å². The first-order valence-electron chi connectivity index (χ1n) is 8.38. The molecule has 0 bridgehead atoms. The van der Waals surface area contributed by atoms with Crippen LogP contribution in [0.2, 0.25) is 5.02 Å². The second-order valence-electron chi connectivity index (χ2n) is 7.07. The maximum atomic E-state index is 13.3. The van der Waals surface area contributed by atoms with Gasteiger partial charge in [0.1, 0.15) is 23.3 Å². The fraction of sp³-hybridized carbons (Fsp3) is 0.350. The van der Waals surface area contributed by atoms with Crippen molar-refractivity contribution in [3.63, 3.8) is 0 Å². The Bertz CT molecular complexity index is 853. The molecule has 2 atom stereocenters. The third-order valence-electron chi connectivity index (χ3n) is 4.66. The molecule has 0 unspecified atom stereocenters. The molecule has 0 saturated carbocycles. The Balaban J connectivity index is 1.92. The second-order valence-corrected chi connectivity index (χ2v) is 7.47. The standard InChI is InChI=1S/C20H21ClFNO3/c1-11(24)13-5-7-17-14(9-13)18(19(25)20(2,3)26-17)23-10-12-4-6-16(22)15(21)8-12/h4-9,18-19,23,25H,10H2,1-3H3/t18-,19-/m0/s1. The van der Waals surface area contributed by atoms with E-state index in [-0.39, 0.29) is 10.8 Å². The zero-order chi connectivity index (χ0) is 19.1. The van der Waals surface area contributed by atoms with Gasteiger partial charge >= 0.3 is 0 Å². The molecule has 1 heterocycles. The van der Waals surface area contributed by atoms with E-state index in [2.05, 4.69) is 5.32 Å². The molecule has 2 aromatic rings. The monoisotopic (exact) mass is 377 g/mol. The van der Waals surface area contributed by atoms with E-state index in [1.54, 1.807) is 30.3 Å². The number of ketones is 1. The van der Waals surface area contributed by atoms with Gasteiger partial charge in [-0.1, -0.05) is 17.7 Å². The normalized spacial score (nSPS) is 21.0. The molecular formula is C20H21ClFNO3. The number of benzene rings is 2. The number of hydrogen-bond acceptors (Lipinski definition) is 4. The lowest BCUT2D eigenvalue weighted by atomic mass is 9.85. The third-order valence-corrected chi connectivity index (χ3v) is 4.95. The predicted molar refractivity (Wildman–Crippen MR) is 98.2 cm³/mol. The lowest BCUT2D eigenvalue weighted by molar-refractivity contribution is -0.0649. The molecule has 26 heavy (non-hydrogen) atoms. The number of carbonyl (C=O) groups is 1. The SMILES string of the molecule is CC(=O)c1ccc2c(c1)[C@H](NCc1ccc(F)c(Cl)c1)[C@H](O)C(C)(C)O2. The minimum Gasteiger partial charge on any atom is -0.485 e. The Morgan fingerprint density at radius 3 is 2.69 bits per heavy atom. The van der Waals surface area contributed by atoms with Crippen LogP contribution in [0.5, 0.6) is 5.75 Å². The molecule has 1 aliphatic rings. The highest BCUT2D eigenvalue weighted by Crippen LogP contribution is 2.40. The Morgan fingerprint density at radius 2 is 2.04 bits per heavy atom. The van der Waals surface area contributed by atoms with Crippen molar-refractivity contribution >= 4 is 17.4 Å². The Hall–Kier alpha value is -1.95. The van der Waals surface area contributed by atoms with E-state index in [1.165, 1.54) is 13.0 Å². The van der Waals surface area contributed by atoms with Crippen LogP contribution in [0.25, 0.3) is 0 Å². The van der Waals surface area contributed by atoms with E-state index < -0.39 is 23.6 Å². The molecule has 0 saturated heterocycles. The molecule has 0 amide bonds. The zero-order valence-electron chi connectivity index (χ0n) is 14.8. The van der Waals surface area contributed by atoms with Crippen LogP contribution < -0.4 is 10.1 Å². The summed E-state index contributed by atoms with van der Waals surface area (Å²) in [6.07, 6.45) is -0.840. The molecule has 0 radical (unpaired) electrons. The first-order chi connectivity index (χ1) is 12.2. The Labute approximate surface area is 156 Å². The summed E-state index contributed by atoms with van der Waals surface area (Å²) in [4.78, 5) is 11.7. The number of halogens is 2. The maximum absolute atomic E-state index is 13.3. The number of fused-ring (bicyclic) bond motifs is 1. The van der Waals surface area contributed by atoms with E-state index in [4.69, 9.17) is 16.3 Å². The first kappa shape index (κ1) is 18.8. The van der Waals surface area contributed by atoms with Crippen molar-refractivity contribution in [3.05, 3.63) is 63.9 Å². The maximum Gasteiger partial charge on any atom is 0.159 e. The quantitative estimate of drug-likeness (QED) is 0.789. The van der Waals surface area contributed by atoms with Crippen molar-refractivity contribution in [2.45, 2.75) is 45.1 Å². The highest BCUT2D eigenvalue weighted by atomic mass is 35.5. The average molecular weight is 378 g/mol. The van der Waals surface area contributed by atoms with Crippen LogP contribution in [-0.2, 0) is 6.54 Å². The average Bonchev–Trinajstić information content (AvgIpc) is 2.57. The van der Waals surface area contributed by atoms with Gasteiger partial charge in [-0.15, -0.1) is 0 Å². The number of aliphatic hydroxyl groups is 1. The fourth-order valence-corrected chi connectivity index (χ4v) is 3.32. The summed E-state index contributed by atoms with van der Waals surface area (Å²) in [5, 5.41) is 14.1. The summed E-state index contributed by atoms with van der Waals surface area (Å²) < 4.78 is 19.2. The molecule has 0 spiro atoms. The van der Waals surface area contributed by atoms with Gasteiger partial charge in [0.15, 0.2) is 5.78 Å². The molecule has 0 fully saturated rings. The van der Waals surface area contributed by atoms with Crippen molar-refractivity contribution in [3.8, 4) is 5.75 Å². The summed E-state index contributed by atoms with van der Waals surface area (Å²) >= 11 is 5.84. The fourth-order valence-electron chi connectivity index (χ4n) is 3.12. The summed E-state index contributed by atoms with van der Waals surface area (Å²) in [6, 6.07) is 9.26. The van der Waals surface area contributed by atoms with Gasteiger partial charge in [0, 0.05) is 17.7 Å². The number of nitrogens with one attached hydrogen (secondary N) is 1. The van der Waals surface area contributed by atoms with Gasteiger partial charge in [0.25, 0.3) is 0 Å². The zero-order valence-corrected chi connectivity index (χ0v) is 15.6. The minimum atomic E-state index is -0.840. The van der Waals surface area contributed by atoms with Gasteiger partial charge in [0.2, 0.25) is 0 Å². The summed E-state index contributed by atoms with van der Waals surface area (Å²) in [7, 11) is 0. The largest absolute Gasteiger partial charge is 0.485 e. The van der Waals surface area contributed by atoms with Gasteiger partial charge in [-0.25, -0.2) is 4.39 Å². The third kappa shape index (κ3) is 3.61. The van der Waals surface area contributed by atoms with Crippen molar-refractivity contribution in [1.82, 2.24) is 5.32 Å². The molecule has 2 N–H and O–H groups in total. The molecule has 3 rings (SSSR count). The molecule has 0 aliphatic carbocycles. The molecule has 2 aromatic carbocycles. The van der Waals surface area contributed by atoms with Gasteiger partial charge < -0.3 is 15.2 Å². The predicted octanol–water partition coefficient (Wildman–Crippen LogP) is 4.04. The smallest absolute Gasteiger partial charge is 0.159 e. The Kier molecular flexibility index (Phi) is 5.06. The first-order valence-corrected chi connectivity index (χ1v) is 8.76. The molecule has 4 nitrogen and oxygen atoms in total. The molecule has 6 heteroatoms. The van der Waals surface area contributed by atoms with E-state index in [0.29, 0.717) is 17.9 Å². The number of hydrogen-bond donors (Lipinski definition) is 2.